The van der Waals surface area contributed by atoms with Crippen LogP contribution in [0.5, 0.6) is 0 Å². The molecule has 0 saturated heterocycles. The zero-order valence-corrected chi connectivity index (χ0v) is 24.8. The van der Waals surface area contributed by atoms with Crippen LogP contribution in [-0.4, -0.2) is 35.4 Å². The van der Waals surface area contributed by atoms with Gasteiger partial charge in [-0.25, -0.2) is 4.79 Å². The highest BCUT2D eigenvalue weighted by Gasteiger charge is 2.19. The Kier molecular flexibility index (Phi) is 22.3. The summed E-state index contributed by atoms with van der Waals surface area (Å²) in [5.41, 5.74) is 1.08. The topological polar surface area (TPSA) is 83.8 Å². The summed E-state index contributed by atoms with van der Waals surface area (Å²) in [5.74, 6) is 0.0123. The molecule has 39 heavy (non-hydrogen) atoms. The molecule has 0 spiro atoms. The minimum absolute atomic E-state index is 0.0289. The number of aliphatic hydroxyl groups is 1. The summed E-state index contributed by atoms with van der Waals surface area (Å²) in [6, 6.07) is 0. The molecule has 1 fully saturated rings. The lowest BCUT2D eigenvalue weighted by Crippen LogP contribution is -2.16. The van der Waals surface area contributed by atoms with Gasteiger partial charge in [-0.1, -0.05) is 119 Å². The molecular formula is C34H52O5. The van der Waals surface area contributed by atoms with E-state index in [1.165, 1.54) is 19.6 Å². The molecule has 0 aromatic carbocycles. The van der Waals surface area contributed by atoms with E-state index in [0.29, 0.717) is 11.8 Å². The number of carbonyl (C=O) groups excluding carboxylic acids is 1. The van der Waals surface area contributed by atoms with E-state index in [1.54, 1.807) is 12.2 Å². The van der Waals surface area contributed by atoms with Crippen LogP contribution in [0.25, 0.3) is 0 Å². The van der Waals surface area contributed by atoms with Crippen LogP contribution in [0.15, 0.2) is 84.6 Å². The number of esters is 1. The van der Waals surface area contributed by atoms with Gasteiger partial charge < -0.3 is 14.9 Å². The molecule has 0 aromatic rings. The summed E-state index contributed by atoms with van der Waals surface area (Å²) in [7, 11) is 1.36. The first-order valence-corrected chi connectivity index (χ1v) is 14.3. The number of hydrogen-bond acceptors (Lipinski definition) is 4. The SMILES string of the molecule is COC(=O)/C=C/C=C/C(C)=C/C=C/C=C/C(C)CCC(O)CC/C=C/C=C/C(C)C.O=C(O)C1CCCCC1. The Hall–Kier alpha value is -2.92. The van der Waals surface area contributed by atoms with Crippen LogP contribution in [0.4, 0.5) is 0 Å². The number of rotatable bonds is 15. The van der Waals surface area contributed by atoms with Crippen LogP contribution in [0, 0.1) is 17.8 Å². The van der Waals surface area contributed by atoms with Gasteiger partial charge in [0.2, 0.25) is 0 Å². The first-order chi connectivity index (χ1) is 18.6. The standard InChI is InChI=1S/C27H40O3.C7H12O2/c1-23(2)15-9-6-7-12-19-26(28)22-21-25(4)17-11-8-10-16-24(3)18-13-14-20-27(29)30-5;8-7(9)6-4-2-1-3-5-6/h6-11,13-18,20,23,25-26,28H,12,19,21-22H2,1-5H3;6H,1-5H2,(H,8,9)/b7-6+,10-8+,15-9+,17-11+,18-13+,20-14+,24-16+;. The molecule has 1 saturated carbocycles. The Balaban J connectivity index is 0.00000134. The number of aliphatic hydroxyl groups excluding tert-OH is 1. The molecular weight excluding hydrogens is 488 g/mol. The summed E-state index contributed by atoms with van der Waals surface area (Å²) in [6.07, 6.45) is 33.9. The van der Waals surface area contributed by atoms with Crippen molar-refractivity contribution in [2.45, 2.75) is 91.6 Å². The molecule has 1 aliphatic carbocycles. The lowest BCUT2D eigenvalue weighted by Gasteiger charge is -2.16. The summed E-state index contributed by atoms with van der Waals surface area (Å²) in [6.45, 7) is 8.48. The predicted molar refractivity (Wildman–Crippen MR) is 163 cm³/mol. The number of ether oxygens (including phenoxy) is 1. The van der Waals surface area contributed by atoms with Gasteiger partial charge in [-0.05, 0) is 57.3 Å². The summed E-state index contributed by atoms with van der Waals surface area (Å²) < 4.78 is 4.52. The Morgan fingerprint density at radius 2 is 1.51 bits per heavy atom. The maximum absolute atomic E-state index is 10.9. The average Bonchev–Trinajstić information content (AvgIpc) is 2.92. The molecule has 0 aromatic heterocycles. The second kappa shape index (κ2) is 24.1. The molecule has 2 atom stereocenters. The molecule has 2 N–H and O–H groups in total. The highest BCUT2D eigenvalue weighted by atomic mass is 16.5. The zero-order chi connectivity index (χ0) is 29.3. The molecule has 2 unspecified atom stereocenters. The van der Waals surface area contributed by atoms with E-state index in [4.69, 9.17) is 5.11 Å². The van der Waals surface area contributed by atoms with E-state index in [2.05, 4.69) is 55.9 Å². The van der Waals surface area contributed by atoms with Gasteiger partial charge in [-0.2, -0.15) is 0 Å². The van der Waals surface area contributed by atoms with Gasteiger partial charge in [0.1, 0.15) is 0 Å². The Morgan fingerprint density at radius 1 is 0.846 bits per heavy atom. The van der Waals surface area contributed by atoms with Crippen molar-refractivity contribution in [3.05, 3.63) is 84.6 Å². The monoisotopic (exact) mass is 540 g/mol. The van der Waals surface area contributed by atoms with Gasteiger partial charge in [-0.3, -0.25) is 4.79 Å². The van der Waals surface area contributed by atoms with Crippen LogP contribution >= 0.6 is 0 Å². The molecule has 1 aliphatic rings. The van der Waals surface area contributed by atoms with Crippen LogP contribution in [0.3, 0.4) is 0 Å². The minimum atomic E-state index is -0.602. The first kappa shape index (κ1) is 36.1. The predicted octanol–water partition coefficient (Wildman–Crippen LogP) is 8.31. The van der Waals surface area contributed by atoms with Crippen molar-refractivity contribution in [2.24, 2.45) is 17.8 Å². The number of methoxy groups -OCH3 is 1. The van der Waals surface area contributed by atoms with Crippen LogP contribution in [-0.2, 0) is 14.3 Å². The zero-order valence-electron chi connectivity index (χ0n) is 24.8. The van der Waals surface area contributed by atoms with Gasteiger partial charge in [0, 0.05) is 6.08 Å². The highest BCUT2D eigenvalue weighted by Crippen LogP contribution is 2.23. The van der Waals surface area contributed by atoms with Crippen molar-refractivity contribution >= 4 is 11.9 Å². The van der Waals surface area contributed by atoms with Gasteiger partial charge in [0.05, 0.1) is 19.1 Å². The molecule has 0 heterocycles. The number of carboxylic acids is 1. The van der Waals surface area contributed by atoms with Crippen molar-refractivity contribution < 1.29 is 24.5 Å². The van der Waals surface area contributed by atoms with Crippen molar-refractivity contribution in [3.63, 3.8) is 0 Å². The second-order valence-electron chi connectivity index (χ2n) is 10.4. The number of allylic oxidation sites excluding steroid dienone is 13. The molecule has 5 heteroatoms. The summed E-state index contributed by atoms with van der Waals surface area (Å²) >= 11 is 0. The fourth-order valence-corrected chi connectivity index (χ4v) is 3.79. The molecule has 0 bridgehead atoms. The van der Waals surface area contributed by atoms with Gasteiger partial charge >= 0.3 is 11.9 Å². The fraction of sp³-hybridized carbons (Fsp3) is 0.529. The third-order valence-corrected chi connectivity index (χ3v) is 6.24. The molecule has 0 aliphatic heterocycles. The van der Waals surface area contributed by atoms with Crippen molar-refractivity contribution in [1.82, 2.24) is 0 Å². The largest absolute Gasteiger partial charge is 0.481 e. The van der Waals surface area contributed by atoms with Gasteiger partial charge in [-0.15, -0.1) is 0 Å². The van der Waals surface area contributed by atoms with E-state index >= 15 is 0 Å². The number of carbonyl (C=O) groups is 2. The van der Waals surface area contributed by atoms with Gasteiger partial charge in [0.25, 0.3) is 0 Å². The maximum atomic E-state index is 10.9. The van der Waals surface area contributed by atoms with Crippen molar-refractivity contribution in [2.75, 3.05) is 7.11 Å². The highest BCUT2D eigenvalue weighted by molar-refractivity contribution is 5.82. The molecule has 5 nitrogen and oxygen atoms in total. The van der Waals surface area contributed by atoms with Crippen molar-refractivity contribution in [1.29, 1.82) is 0 Å². The molecule has 0 radical (unpaired) electrons. The third-order valence-electron chi connectivity index (χ3n) is 6.24. The van der Waals surface area contributed by atoms with E-state index in [0.717, 1.165) is 56.9 Å². The minimum Gasteiger partial charge on any atom is -0.481 e. The van der Waals surface area contributed by atoms with E-state index in [1.807, 2.05) is 37.3 Å². The maximum Gasteiger partial charge on any atom is 0.330 e. The Labute approximate surface area is 237 Å². The second-order valence-corrected chi connectivity index (χ2v) is 10.4. The van der Waals surface area contributed by atoms with Crippen LogP contribution in [0.2, 0.25) is 0 Å². The van der Waals surface area contributed by atoms with Crippen LogP contribution < -0.4 is 0 Å². The number of hydrogen-bond donors (Lipinski definition) is 2. The average molecular weight is 541 g/mol. The van der Waals surface area contributed by atoms with E-state index < -0.39 is 5.97 Å². The van der Waals surface area contributed by atoms with E-state index in [-0.39, 0.29) is 18.0 Å². The molecule has 218 valence electrons. The third kappa shape index (κ3) is 23.9. The quantitative estimate of drug-likeness (QED) is 0.124. The van der Waals surface area contributed by atoms with E-state index in [9.17, 15) is 14.7 Å². The van der Waals surface area contributed by atoms with Crippen molar-refractivity contribution in [3.8, 4) is 0 Å². The summed E-state index contributed by atoms with van der Waals surface area (Å²) in [4.78, 5) is 21.3. The molecule has 1 rings (SSSR count). The number of aliphatic carboxylic acids is 1. The molecule has 0 amide bonds. The number of carboxylic acid groups (broad SMARTS) is 1. The lowest BCUT2D eigenvalue weighted by molar-refractivity contribution is -0.142. The Morgan fingerprint density at radius 3 is 2.13 bits per heavy atom. The van der Waals surface area contributed by atoms with Gasteiger partial charge in [0.15, 0.2) is 0 Å². The normalized spacial score (nSPS) is 17.2. The first-order valence-electron chi connectivity index (χ1n) is 14.3. The Bertz CT molecular complexity index is 864. The van der Waals surface area contributed by atoms with Crippen LogP contribution in [0.1, 0.15) is 85.5 Å². The smallest absolute Gasteiger partial charge is 0.330 e. The fourth-order valence-electron chi connectivity index (χ4n) is 3.79. The lowest BCUT2D eigenvalue weighted by atomic mass is 9.90. The summed E-state index contributed by atoms with van der Waals surface area (Å²) in [5, 5.41) is 18.7.